The predicted molar refractivity (Wildman–Crippen MR) is 108 cm³/mol. The van der Waals surface area contributed by atoms with E-state index in [-0.39, 0.29) is 23.9 Å². The molecule has 1 fully saturated rings. The van der Waals surface area contributed by atoms with Crippen molar-refractivity contribution in [3.8, 4) is 5.75 Å². The van der Waals surface area contributed by atoms with E-state index in [1.54, 1.807) is 7.11 Å². The van der Waals surface area contributed by atoms with Gasteiger partial charge < -0.3 is 23.4 Å². The van der Waals surface area contributed by atoms with E-state index in [0.29, 0.717) is 17.7 Å². The van der Waals surface area contributed by atoms with E-state index in [9.17, 15) is 9.59 Å². The third-order valence-electron chi connectivity index (χ3n) is 6.50. The largest absolute Gasteiger partial charge is 0.497 e. The highest BCUT2D eigenvalue weighted by molar-refractivity contribution is 5.85. The van der Waals surface area contributed by atoms with Crippen LogP contribution in [0.1, 0.15) is 19.4 Å². The molecule has 0 aromatic heterocycles. The highest BCUT2D eigenvalue weighted by Gasteiger charge is 2.65. The van der Waals surface area contributed by atoms with Crippen molar-refractivity contribution in [3.05, 3.63) is 29.8 Å². The van der Waals surface area contributed by atoms with Crippen LogP contribution in [0, 0.1) is 17.8 Å². The van der Waals surface area contributed by atoms with Crippen LogP contribution in [0.4, 0.5) is 0 Å². The van der Waals surface area contributed by atoms with Crippen molar-refractivity contribution in [2.24, 2.45) is 17.8 Å². The summed E-state index contributed by atoms with van der Waals surface area (Å²) >= 11 is 0. The Hall–Kier alpha value is -2.12. The monoisotopic (exact) mass is 408 g/mol. The minimum absolute atomic E-state index is 0.0579. The minimum atomic E-state index is -0.552. The lowest BCUT2D eigenvalue weighted by Gasteiger charge is -2.56. The van der Waals surface area contributed by atoms with Gasteiger partial charge in [0.25, 0.3) is 0 Å². The molecular weight excluding hydrogens is 374 g/mol. The van der Waals surface area contributed by atoms with Crippen molar-refractivity contribution < 1.29 is 33.0 Å². The number of carbonyl (C=O) groups excluding carboxylic acids is 2. The van der Waals surface area contributed by atoms with Gasteiger partial charge in [-0.1, -0.05) is 12.1 Å². The van der Waals surface area contributed by atoms with Crippen molar-refractivity contribution in [1.82, 2.24) is 0 Å². The van der Waals surface area contributed by atoms with Crippen LogP contribution in [0.2, 0.25) is 0 Å². The third-order valence-corrected chi connectivity index (χ3v) is 6.50. The third kappa shape index (κ3) is 4.73. The smallest absolute Gasteiger partial charge is 0.315 e. The number of quaternary nitrogens is 1. The lowest BCUT2D eigenvalue weighted by molar-refractivity contribution is -0.944. The average molecular weight is 409 g/mol. The van der Waals surface area contributed by atoms with Gasteiger partial charge in [-0.25, -0.2) is 0 Å². The first-order valence-electron chi connectivity index (χ1n) is 10.1. The number of carbonyl (C=O) groups is 2. The lowest BCUT2D eigenvalue weighted by atomic mass is 9.59. The maximum atomic E-state index is 12.5. The molecule has 0 saturated heterocycles. The number of methoxy groups -OCH3 is 3. The summed E-state index contributed by atoms with van der Waals surface area (Å²) < 4.78 is 21.9. The number of benzene rings is 1. The Morgan fingerprint density at radius 2 is 1.48 bits per heavy atom. The molecule has 29 heavy (non-hydrogen) atoms. The van der Waals surface area contributed by atoms with E-state index in [2.05, 4.69) is 20.9 Å². The second-order valence-corrected chi connectivity index (χ2v) is 7.73. The molecule has 0 amide bonds. The molecular formula is C22H34NO6+. The topological polar surface area (TPSA) is 71.1 Å². The number of hydrogen-bond donors (Lipinski definition) is 0. The summed E-state index contributed by atoms with van der Waals surface area (Å²) in [6, 6.07) is 7.61. The van der Waals surface area contributed by atoms with E-state index < -0.39 is 11.8 Å². The highest BCUT2D eigenvalue weighted by Crippen LogP contribution is 2.48. The second-order valence-electron chi connectivity index (χ2n) is 7.73. The summed E-state index contributed by atoms with van der Waals surface area (Å²) in [5.41, 5.74) is 1.02. The maximum absolute atomic E-state index is 12.5. The molecule has 7 heteroatoms. The molecule has 0 N–H and O–H groups in total. The Morgan fingerprint density at radius 1 is 0.931 bits per heavy atom. The van der Waals surface area contributed by atoms with E-state index in [0.717, 1.165) is 24.4 Å². The summed E-state index contributed by atoms with van der Waals surface area (Å²) in [6.07, 6.45) is 0. The molecule has 0 heterocycles. The van der Waals surface area contributed by atoms with Crippen LogP contribution >= 0.6 is 0 Å². The molecule has 1 aliphatic carbocycles. The molecule has 0 bridgehead atoms. The number of esters is 2. The molecule has 0 radical (unpaired) electrons. The van der Waals surface area contributed by atoms with Crippen molar-refractivity contribution in [2.75, 3.05) is 48.1 Å². The molecule has 1 aromatic rings. The maximum Gasteiger partial charge on any atom is 0.315 e. The van der Waals surface area contributed by atoms with Gasteiger partial charge >= 0.3 is 11.9 Å². The standard InChI is InChI=1S/C22H34NO6/c1-7-23(3,8-2)20-17(18(21(24)27-5)19(20)22(25)28-6)14-29-13-15-9-11-16(26-4)12-10-15/h9-12,17-20H,7-8,13-14H2,1-6H3/q+1/t17-,18-,19+,20+/m0/s1. The van der Waals surface area contributed by atoms with Crippen LogP contribution < -0.4 is 4.74 Å². The van der Waals surface area contributed by atoms with E-state index in [1.165, 1.54) is 14.2 Å². The van der Waals surface area contributed by atoms with Gasteiger partial charge in [0.05, 0.1) is 60.6 Å². The molecule has 0 unspecified atom stereocenters. The second kappa shape index (κ2) is 10.1. The fourth-order valence-corrected chi connectivity index (χ4v) is 4.42. The molecule has 1 aliphatic rings. The Kier molecular flexibility index (Phi) is 8.05. The summed E-state index contributed by atoms with van der Waals surface area (Å²) in [7, 11) is 6.46. The van der Waals surface area contributed by atoms with Crippen molar-refractivity contribution in [3.63, 3.8) is 0 Å². The van der Waals surface area contributed by atoms with Gasteiger partial charge in [-0.2, -0.15) is 0 Å². The molecule has 0 spiro atoms. The first kappa shape index (κ1) is 23.2. The minimum Gasteiger partial charge on any atom is -0.497 e. The average Bonchev–Trinajstić information content (AvgIpc) is 2.75. The highest BCUT2D eigenvalue weighted by atomic mass is 16.5. The zero-order valence-electron chi connectivity index (χ0n) is 18.3. The first-order valence-corrected chi connectivity index (χ1v) is 10.1. The van der Waals surface area contributed by atoms with Crippen LogP contribution in [0.5, 0.6) is 5.75 Å². The van der Waals surface area contributed by atoms with Gasteiger partial charge in [0, 0.05) is 5.92 Å². The Balaban J connectivity index is 2.18. The van der Waals surface area contributed by atoms with Gasteiger partial charge in [-0.05, 0) is 31.5 Å². The normalized spacial score (nSPS) is 23.8. The summed E-state index contributed by atoms with van der Waals surface area (Å²) in [5.74, 6) is -1.14. The zero-order valence-corrected chi connectivity index (χ0v) is 18.3. The van der Waals surface area contributed by atoms with Gasteiger partial charge in [-0.15, -0.1) is 0 Å². The van der Waals surface area contributed by atoms with Crippen LogP contribution in [0.15, 0.2) is 24.3 Å². The Morgan fingerprint density at radius 3 is 1.97 bits per heavy atom. The van der Waals surface area contributed by atoms with Crippen LogP contribution in [0.3, 0.4) is 0 Å². The van der Waals surface area contributed by atoms with Gasteiger partial charge in [0.15, 0.2) is 0 Å². The van der Waals surface area contributed by atoms with Gasteiger partial charge in [0.2, 0.25) is 0 Å². The molecule has 1 aromatic carbocycles. The van der Waals surface area contributed by atoms with E-state index in [4.69, 9.17) is 18.9 Å². The summed E-state index contributed by atoms with van der Waals surface area (Å²) in [4.78, 5) is 25.0. The van der Waals surface area contributed by atoms with Gasteiger partial charge in [0.1, 0.15) is 17.7 Å². The predicted octanol–water partition coefficient (Wildman–Crippen LogP) is 2.28. The first-order chi connectivity index (χ1) is 13.9. The summed E-state index contributed by atoms with van der Waals surface area (Å²) in [5, 5.41) is 0. The van der Waals surface area contributed by atoms with Crippen molar-refractivity contribution in [2.45, 2.75) is 26.5 Å². The zero-order chi connectivity index (χ0) is 21.6. The molecule has 0 aliphatic heterocycles. The fraction of sp³-hybridized carbons (Fsp3) is 0.636. The molecule has 7 nitrogen and oxygen atoms in total. The molecule has 162 valence electrons. The Labute approximate surface area is 173 Å². The number of hydrogen-bond acceptors (Lipinski definition) is 6. The quantitative estimate of drug-likeness (QED) is 0.437. The van der Waals surface area contributed by atoms with Crippen LogP contribution in [0.25, 0.3) is 0 Å². The molecule has 1 saturated carbocycles. The van der Waals surface area contributed by atoms with Crippen LogP contribution in [-0.4, -0.2) is 70.5 Å². The van der Waals surface area contributed by atoms with E-state index >= 15 is 0 Å². The Bertz CT molecular complexity index is 685. The van der Waals surface area contributed by atoms with Crippen molar-refractivity contribution >= 4 is 11.9 Å². The number of rotatable bonds is 10. The number of nitrogens with zero attached hydrogens (tertiary/aromatic N) is 1. The van der Waals surface area contributed by atoms with E-state index in [1.807, 2.05) is 24.3 Å². The number of ether oxygens (including phenoxy) is 4. The van der Waals surface area contributed by atoms with Gasteiger partial charge in [-0.3, -0.25) is 9.59 Å². The molecule has 4 atom stereocenters. The molecule has 2 rings (SSSR count). The SMILES string of the molecule is CC[N+](C)(CC)[C@@H]1[C@@H](COCc2ccc(OC)cc2)[C@H](C(=O)OC)[C@H]1C(=O)OC. The summed E-state index contributed by atoms with van der Waals surface area (Å²) in [6.45, 7) is 6.68. The van der Waals surface area contributed by atoms with Crippen LogP contribution in [-0.2, 0) is 30.4 Å². The van der Waals surface area contributed by atoms with Crippen molar-refractivity contribution in [1.29, 1.82) is 0 Å². The fourth-order valence-electron chi connectivity index (χ4n) is 4.42. The lowest BCUT2D eigenvalue weighted by Crippen LogP contribution is -2.72.